The van der Waals surface area contributed by atoms with Gasteiger partial charge in [-0.05, 0) is 42.8 Å². The quantitative estimate of drug-likeness (QED) is 0.718. The second-order valence-corrected chi connectivity index (χ2v) is 7.87. The molecule has 27 heavy (non-hydrogen) atoms. The first-order valence-electron chi connectivity index (χ1n) is 8.03. The molecule has 0 amide bonds. The summed E-state index contributed by atoms with van der Waals surface area (Å²) in [6.07, 6.45) is 1.09. The van der Waals surface area contributed by atoms with Crippen LogP contribution in [0.15, 0.2) is 36.4 Å². The van der Waals surface area contributed by atoms with Gasteiger partial charge in [-0.2, -0.15) is 0 Å². The Bertz CT molecular complexity index is 1130. The van der Waals surface area contributed by atoms with Crippen LogP contribution in [0.25, 0.3) is 22.2 Å². The molecule has 142 valence electrons. The molecule has 0 saturated heterocycles. The van der Waals surface area contributed by atoms with Crippen LogP contribution in [0, 0.1) is 12.7 Å². The van der Waals surface area contributed by atoms with Crippen molar-refractivity contribution in [3.8, 4) is 22.8 Å². The van der Waals surface area contributed by atoms with Crippen molar-refractivity contribution in [3.05, 3.63) is 47.8 Å². The van der Waals surface area contributed by atoms with Gasteiger partial charge in [0.05, 0.1) is 31.7 Å². The Morgan fingerprint density at radius 1 is 1.04 bits per heavy atom. The van der Waals surface area contributed by atoms with Gasteiger partial charge in [0.15, 0.2) is 11.5 Å². The minimum atomic E-state index is -3.38. The van der Waals surface area contributed by atoms with Gasteiger partial charge in [0.1, 0.15) is 5.82 Å². The third-order valence-corrected chi connectivity index (χ3v) is 4.67. The number of hydrogen-bond acceptors (Lipinski definition) is 5. The summed E-state index contributed by atoms with van der Waals surface area (Å²) in [4.78, 5) is 4.52. The van der Waals surface area contributed by atoms with Gasteiger partial charge in [-0.1, -0.05) is 0 Å². The molecule has 0 unspecified atom stereocenters. The first-order valence-corrected chi connectivity index (χ1v) is 9.92. The predicted octanol–water partition coefficient (Wildman–Crippen LogP) is 3.74. The van der Waals surface area contributed by atoms with Crippen molar-refractivity contribution >= 4 is 26.6 Å². The number of fused-ring (bicyclic) bond motifs is 1. The van der Waals surface area contributed by atoms with E-state index in [2.05, 4.69) is 9.71 Å². The molecule has 0 saturated carbocycles. The third-order valence-electron chi connectivity index (χ3n) is 4.07. The molecule has 1 N–H and O–H groups in total. The molecule has 3 aromatic rings. The molecule has 0 aliphatic heterocycles. The molecule has 6 nitrogen and oxygen atoms in total. The number of nitrogens with one attached hydrogen (secondary N) is 1. The van der Waals surface area contributed by atoms with E-state index < -0.39 is 15.8 Å². The number of sulfonamides is 1. The van der Waals surface area contributed by atoms with E-state index in [0.29, 0.717) is 28.4 Å². The minimum Gasteiger partial charge on any atom is -0.493 e. The number of ether oxygens (including phenoxy) is 2. The van der Waals surface area contributed by atoms with Crippen LogP contribution in [0.1, 0.15) is 5.56 Å². The zero-order valence-corrected chi connectivity index (χ0v) is 16.1. The second kappa shape index (κ2) is 7.03. The number of aromatic nitrogens is 1. The van der Waals surface area contributed by atoms with E-state index in [4.69, 9.17) is 9.47 Å². The molecule has 2 aromatic carbocycles. The zero-order valence-electron chi connectivity index (χ0n) is 15.3. The molecular formula is C19H19FN2O4S. The van der Waals surface area contributed by atoms with Crippen molar-refractivity contribution in [2.24, 2.45) is 0 Å². The van der Waals surface area contributed by atoms with Crippen molar-refractivity contribution in [2.75, 3.05) is 25.2 Å². The molecule has 0 fully saturated rings. The molecule has 0 atom stereocenters. The normalized spacial score (nSPS) is 11.4. The maximum absolute atomic E-state index is 14.6. The largest absolute Gasteiger partial charge is 0.493 e. The number of halogens is 1. The van der Waals surface area contributed by atoms with Gasteiger partial charge in [-0.15, -0.1) is 0 Å². The SMILES string of the molecule is COc1cc(F)c(-c2cc(C)c3cc(NS(C)(=O)=O)ccc3n2)cc1OC. The molecule has 0 aliphatic rings. The lowest BCUT2D eigenvalue weighted by Crippen LogP contribution is -2.09. The van der Waals surface area contributed by atoms with Crippen LogP contribution in [0.4, 0.5) is 10.1 Å². The van der Waals surface area contributed by atoms with E-state index in [9.17, 15) is 12.8 Å². The van der Waals surface area contributed by atoms with Crippen molar-refractivity contribution < 1.29 is 22.3 Å². The average Bonchev–Trinajstić information content (AvgIpc) is 2.60. The number of anilines is 1. The van der Waals surface area contributed by atoms with Crippen molar-refractivity contribution in [2.45, 2.75) is 6.92 Å². The molecule has 0 bridgehead atoms. The standard InChI is InChI=1S/C19H19FN2O4S/c1-11-7-17(14-9-18(25-2)19(26-3)10-15(14)20)21-16-6-5-12(8-13(11)16)22-27(4,23)24/h5-10,22H,1-4H3. The van der Waals surface area contributed by atoms with Crippen LogP contribution in [0.3, 0.4) is 0 Å². The summed E-state index contributed by atoms with van der Waals surface area (Å²) in [5, 5.41) is 0.772. The predicted molar refractivity (Wildman–Crippen MR) is 103 cm³/mol. The molecule has 3 rings (SSSR count). The van der Waals surface area contributed by atoms with Gasteiger partial charge < -0.3 is 9.47 Å². The van der Waals surface area contributed by atoms with E-state index >= 15 is 0 Å². The van der Waals surface area contributed by atoms with Gasteiger partial charge in [-0.3, -0.25) is 4.72 Å². The summed E-state index contributed by atoms with van der Waals surface area (Å²) in [5.41, 5.74) is 2.64. The fraction of sp³-hybridized carbons (Fsp3) is 0.211. The molecular weight excluding hydrogens is 371 g/mol. The minimum absolute atomic E-state index is 0.288. The van der Waals surface area contributed by atoms with Crippen molar-refractivity contribution in [1.29, 1.82) is 0 Å². The van der Waals surface area contributed by atoms with Crippen LogP contribution in [0.5, 0.6) is 11.5 Å². The van der Waals surface area contributed by atoms with E-state index in [-0.39, 0.29) is 5.56 Å². The Balaban J connectivity index is 2.13. The first kappa shape index (κ1) is 18.9. The Morgan fingerprint density at radius 2 is 1.70 bits per heavy atom. The van der Waals surface area contributed by atoms with Crippen LogP contribution in [-0.4, -0.2) is 33.9 Å². The first-order chi connectivity index (χ1) is 12.7. The van der Waals surface area contributed by atoms with Gasteiger partial charge >= 0.3 is 0 Å². The lowest BCUT2D eigenvalue weighted by molar-refractivity contribution is 0.352. The number of rotatable bonds is 5. The van der Waals surface area contributed by atoms with Crippen LogP contribution < -0.4 is 14.2 Å². The summed E-state index contributed by atoms with van der Waals surface area (Å²) >= 11 is 0. The lowest BCUT2D eigenvalue weighted by Gasteiger charge is -2.13. The Kier molecular flexibility index (Phi) is 4.93. The maximum Gasteiger partial charge on any atom is 0.229 e. The monoisotopic (exact) mass is 390 g/mol. The average molecular weight is 390 g/mol. The number of hydrogen-bond donors (Lipinski definition) is 1. The summed E-state index contributed by atoms with van der Waals surface area (Å²) in [6.45, 7) is 1.86. The summed E-state index contributed by atoms with van der Waals surface area (Å²) in [5.74, 6) is 0.225. The van der Waals surface area contributed by atoms with E-state index in [1.807, 2.05) is 6.92 Å². The number of aryl methyl sites for hydroxylation is 1. The highest BCUT2D eigenvalue weighted by molar-refractivity contribution is 7.92. The molecule has 0 aliphatic carbocycles. The summed E-state index contributed by atoms with van der Waals surface area (Å²) < 4.78 is 50.2. The van der Waals surface area contributed by atoms with Crippen molar-refractivity contribution in [3.63, 3.8) is 0 Å². The Morgan fingerprint density at radius 3 is 2.33 bits per heavy atom. The second-order valence-electron chi connectivity index (χ2n) is 6.12. The Labute approximate surface area is 157 Å². The fourth-order valence-electron chi connectivity index (χ4n) is 2.86. The number of benzene rings is 2. The van der Waals surface area contributed by atoms with Gasteiger partial charge in [0.2, 0.25) is 10.0 Å². The van der Waals surface area contributed by atoms with E-state index in [1.165, 1.54) is 20.3 Å². The molecule has 8 heteroatoms. The summed E-state index contributed by atoms with van der Waals surface area (Å²) in [7, 11) is -0.452. The summed E-state index contributed by atoms with van der Waals surface area (Å²) in [6, 6.07) is 9.56. The highest BCUT2D eigenvalue weighted by atomic mass is 32.2. The third kappa shape index (κ3) is 3.95. The highest BCUT2D eigenvalue weighted by Crippen LogP contribution is 2.35. The van der Waals surface area contributed by atoms with Gasteiger partial charge in [-0.25, -0.2) is 17.8 Å². The maximum atomic E-state index is 14.6. The van der Waals surface area contributed by atoms with Gasteiger partial charge in [0.25, 0.3) is 0 Å². The molecule has 0 radical (unpaired) electrons. The smallest absolute Gasteiger partial charge is 0.229 e. The van der Waals surface area contributed by atoms with Crippen molar-refractivity contribution in [1.82, 2.24) is 4.98 Å². The zero-order chi connectivity index (χ0) is 19.8. The topological polar surface area (TPSA) is 77.5 Å². The molecule has 0 spiro atoms. The van der Waals surface area contributed by atoms with Crippen LogP contribution >= 0.6 is 0 Å². The molecule has 1 heterocycles. The number of pyridine rings is 1. The van der Waals surface area contributed by atoms with Crippen LogP contribution in [0.2, 0.25) is 0 Å². The lowest BCUT2D eigenvalue weighted by atomic mass is 10.0. The fourth-order valence-corrected chi connectivity index (χ4v) is 3.42. The highest BCUT2D eigenvalue weighted by Gasteiger charge is 2.15. The molecule has 1 aromatic heterocycles. The Hall–Kier alpha value is -2.87. The van der Waals surface area contributed by atoms with Gasteiger partial charge in [0, 0.05) is 22.7 Å². The number of methoxy groups -OCH3 is 2. The van der Waals surface area contributed by atoms with E-state index in [1.54, 1.807) is 30.3 Å². The van der Waals surface area contributed by atoms with E-state index in [0.717, 1.165) is 17.2 Å². The number of nitrogens with zero attached hydrogens (tertiary/aromatic N) is 1. The van der Waals surface area contributed by atoms with Crippen LogP contribution in [-0.2, 0) is 10.0 Å².